The van der Waals surface area contributed by atoms with E-state index in [2.05, 4.69) is 0 Å². The van der Waals surface area contributed by atoms with E-state index < -0.39 is 10.1 Å². The van der Waals surface area contributed by atoms with Crippen LogP contribution in [0, 0.1) is 6.92 Å². The third-order valence-corrected chi connectivity index (χ3v) is 3.51. The molecule has 0 fully saturated rings. The molecule has 0 saturated carbocycles. The SMILES string of the molecule is Cc1cc(S(=O)(=O)O)c2c(C=O)cn(C)c2c1. The van der Waals surface area contributed by atoms with Crippen LogP contribution in [0.1, 0.15) is 15.9 Å². The van der Waals surface area contributed by atoms with Crippen LogP contribution in [0.25, 0.3) is 10.9 Å². The first kappa shape index (κ1) is 11.8. The van der Waals surface area contributed by atoms with Gasteiger partial charge in [-0.15, -0.1) is 0 Å². The molecule has 1 aromatic carbocycles. The summed E-state index contributed by atoms with van der Waals surface area (Å²) in [6.07, 6.45) is 2.11. The molecule has 17 heavy (non-hydrogen) atoms. The summed E-state index contributed by atoms with van der Waals surface area (Å²) >= 11 is 0. The van der Waals surface area contributed by atoms with Gasteiger partial charge in [-0.05, 0) is 24.6 Å². The van der Waals surface area contributed by atoms with Crippen molar-refractivity contribution < 1.29 is 17.8 Å². The van der Waals surface area contributed by atoms with Gasteiger partial charge in [0.05, 0.1) is 5.52 Å². The number of aromatic nitrogens is 1. The Hall–Kier alpha value is -1.66. The van der Waals surface area contributed by atoms with Crippen LogP contribution < -0.4 is 0 Å². The van der Waals surface area contributed by atoms with Crippen LogP contribution in [0.15, 0.2) is 23.2 Å². The average Bonchev–Trinajstić information content (AvgIpc) is 2.53. The fourth-order valence-corrected chi connectivity index (χ4v) is 2.75. The monoisotopic (exact) mass is 253 g/mol. The lowest BCUT2D eigenvalue weighted by atomic mass is 10.1. The average molecular weight is 253 g/mol. The van der Waals surface area contributed by atoms with E-state index in [1.54, 1.807) is 24.6 Å². The maximum Gasteiger partial charge on any atom is 0.295 e. The van der Waals surface area contributed by atoms with Crippen molar-refractivity contribution in [2.45, 2.75) is 11.8 Å². The first-order valence-corrected chi connectivity index (χ1v) is 6.31. The van der Waals surface area contributed by atoms with Crippen molar-refractivity contribution >= 4 is 27.3 Å². The summed E-state index contributed by atoms with van der Waals surface area (Å²) in [4.78, 5) is 10.7. The van der Waals surface area contributed by atoms with Crippen LogP contribution in [-0.4, -0.2) is 23.8 Å². The summed E-state index contributed by atoms with van der Waals surface area (Å²) < 4.78 is 33.5. The molecule has 0 unspecified atom stereocenters. The Morgan fingerprint density at radius 1 is 1.35 bits per heavy atom. The maximum absolute atomic E-state index is 11.3. The molecule has 0 aliphatic heterocycles. The Balaban J connectivity index is 3.06. The fraction of sp³-hybridized carbons (Fsp3) is 0.182. The number of carbonyl (C=O) groups excluding carboxylic acids is 1. The number of benzene rings is 1. The van der Waals surface area contributed by atoms with E-state index in [9.17, 15) is 17.8 Å². The predicted octanol–water partition coefficient (Wildman–Crippen LogP) is 1.55. The number of rotatable bonds is 2. The zero-order chi connectivity index (χ0) is 12.8. The largest absolute Gasteiger partial charge is 0.350 e. The van der Waals surface area contributed by atoms with Gasteiger partial charge in [0.2, 0.25) is 0 Å². The van der Waals surface area contributed by atoms with E-state index in [-0.39, 0.29) is 15.8 Å². The Morgan fingerprint density at radius 2 is 2.00 bits per heavy atom. The second-order valence-corrected chi connectivity index (χ2v) is 5.34. The summed E-state index contributed by atoms with van der Waals surface area (Å²) in [5.41, 5.74) is 1.54. The van der Waals surface area contributed by atoms with Crippen LogP contribution in [0.2, 0.25) is 0 Å². The summed E-state index contributed by atoms with van der Waals surface area (Å²) in [6, 6.07) is 3.11. The highest BCUT2D eigenvalue weighted by molar-refractivity contribution is 7.86. The molecule has 1 heterocycles. The number of carbonyl (C=O) groups is 1. The van der Waals surface area contributed by atoms with Gasteiger partial charge in [0, 0.05) is 24.2 Å². The van der Waals surface area contributed by atoms with Crippen molar-refractivity contribution in [2.24, 2.45) is 7.05 Å². The summed E-state index contributed by atoms with van der Waals surface area (Å²) in [7, 11) is -2.63. The highest BCUT2D eigenvalue weighted by atomic mass is 32.2. The molecule has 2 rings (SSSR count). The van der Waals surface area contributed by atoms with Crippen LogP contribution in [0.5, 0.6) is 0 Å². The van der Waals surface area contributed by atoms with Gasteiger partial charge in [-0.1, -0.05) is 0 Å². The van der Waals surface area contributed by atoms with E-state index in [0.717, 1.165) is 0 Å². The van der Waals surface area contributed by atoms with Crippen molar-refractivity contribution in [2.75, 3.05) is 0 Å². The molecule has 0 radical (unpaired) electrons. The molecule has 1 aromatic heterocycles. The fourth-order valence-electron chi connectivity index (χ4n) is 1.94. The third-order valence-electron chi connectivity index (χ3n) is 2.63. The lowest BCUT2D eigenvalue weighted by molar-refractivity contribution is 0.112. The normalized spacial score (nSPS) is 11.9. The van der Waals surface area contributed by atoms with E-state index in [4.69, 9.17) is 0 Å². The van der Waals surface area contributed by atoms with Crippen molar-refractivity contribution in [3.05, 3.63) is 29.5 Å². The molecule has 0 saturated heterocycles. The molecular weight excluding hydrogens is 242 g/mol. The van der Waals surface area contributed by atoms with Gasteiger partial charge < -0.3 is 4.57 Å². The van der Waals surface area contributed by atoms with Gasteiger partial charge in [-0.25, -0.2) is 0 Å². The zero-order valence-electron chi connectivity index (χ0n) is 9.34. The highest BCUT2D eigenvalue weighted by Gasteiger charge is 2.19. The molecule has 2 aromatic rings. The smallest absolute Gasteiger partial charge is 0.295 e. The second kappa shape index (κ2) is 3.68. The van der Waals surface area contributed by atoms with Gasteiger partial charge in [0.25, 0.3) is 10.1 Å². The number of aldehydes is 1. The minimum atomic E-state index is -4.34. The van der Waals surface area contributed by atoms with Crippen molar-refractivity contribution in [1.29, 1.82) is 0 Å². The molecule has 0 spiro atoms. The van der Waals surface area contributed by atoms with Crippen molar-refractivity contribution in [3.63, 3.8) is 0 Å². The van der Waals surface area contributed by atoms with Gasteiger partial charge >= 0.3 is 0 Å². The summed E-state index contributed by atoms with van der Waals surface area (Å²) in [6.45, 7) is 1.72. The second-order valence-electron chi connectivity index (χ2n) is 3.95. The molecule has 0 amide bonds. The molecule has 6 heteroatoms. The Labute approximate surface area is 98.4 Å². The number of hydrogen-bond acceptors (Lipinski definition) is 3. The highest BCUT2D eigenvalue weighted by Crippen LogP contribution is 2.28. The molecule has 0 aliphatic carbocycles. The Bertz CT molecular complexity index is 713. The maximum atomic E-state index is 11.3. The molecule has 90 valence electrons. The van der Waals surface area contributed by atoms with Crippen LogP contribution in [0.3, 0.4) is 0 Å². The van der Waals surface area contributed by atoms with Crippen LogP contribution in [0.4, 0.5) is 0 Å². The summed E-state index contributed by atoms with van der Waals surface area (Å²) in [5.74, 6) is 0. The number of aryl methyl sites for hydroxylation is 2. The van der Waals surface area contributed by atoms with Gasteiger partial charge in [-0.2, -0.15) is 8.42 Å². The summed E-state index contributed by atoms with van der Waals surface area (Å²) in [5, 5.41) is 0.260. The zero-order valence-corrected chi connectivity index (χ0v) is 10.2. The molecule has 0 aliphatic rings. The standard InChI is InChI=1S/C11H11NO4S/c1-7-3-9-11(8(6-13)5-12(9)2)10(4-7)17(14,15)16/h3-6H,1-2H3,(H,14,15,16). The lowest BCUT2D eigenvalue weighted by Gasteiger charge is -2.04. The number of fused-ring (bicyclic) bond motifs is 1. The molecule has 0 bridgehead atoms. The van der Waals surface area contributed by atoms with E-state index in [1.165, 1.54) is 12.3 Å². The quantitative estimate of drug-likeness (QED) is 0.650. The van der Waals surface area contributed by atoms with E-state index in [0.29, 0.717) is 17.4 Å². The predicted molar refractivity (Wildman–Crippen MR) is 62.9 cm³/mol. The number of hydrogen-bond donors (Lipinski definition) is 1. The molecular formula is C11H11NO4S. The minimum absolute atomic E-state index is 0.227. The Kier molecular flexibility index (Phi) is 2.56. The first-order valence-electron chi connectivity index (χ1n) is 4.87. The number of nitrogens with zero attached hydrogens (tertiary/aromatic N) is 1. The minimum Gasteiger partial charge on any atom is -0.350 e. The van der Waals surface area contributed by atoms with Gasteiger partial charge in [0.1, 0.15) is 4.90 Å². The molecule has 5 nitrogen and oxygen atoms in total. The third kappa shape index (κ3) is 1.85. The van der Waals surface area contributed by atoms with Crippen LogP contribution in [-0.2, 0) is 17.2 Å². The van der Waals surface area contributed by atoms with E-state index >= 15 is 0 Å². The Morgan fingerprint density at radius 3 is 2.53 bits per heavy atom. The van der Waals surface area contributed by atoms with E-state index in [1.807, 2.05) is 0 Å². The van der Waals surface area contributed by atoms with Crippen LogP contribution >= 0.6 is 0 Å². The lowest BCUT2D eigenvalue weighted by Crippen LogP contribution is -2.00. The van der Waals surface area contributed by atoms with Crippen molar-refractivity contribution in [1.82, 2.24) is 4.57 Å². The van der Waals surface area contributed by atoms with Gasteiger partial charge in [-0.3, -0.25) is 9.35 Å². The first-order chi connectivity index (χ1) is 7.84. The molecule has 1 N–H and O–H groups in total. The van der Waals surface area contributed by atoms with Crippen molar-refractivity contribution in [3.8, 4) is 0 Å². The molecule has 0 atom stereocenters. The topological polar surface area (TPSA) is 76.4 Å². The van der Waals surface area contributed by atoms with Gasteiger partial charge in [0.15, 0.2) is 6.29 Å².